The Labute approximate surface area is 112 Å². The molecule has 2 amide bonds. The number of hydrogen-bond acceptors (Lipinski definition) is 2. The van der Waals surface area contributed by atoms with Crippen molar-refractivity contribution < 1.29 is 14.0 Å². The van der Waals surface area contributed by atoms with Crippen LogP contribution in [-0.2, 0) is 4.79 Å². The maximum absolute atomic E-state index is 13.5. The van der Waals surface area contributed by atoms with Crippen molar-refractivity contribution in [3.8, 4) is 0 Å². The van der Waals surface area contributed by atoms with Crippen molar-refractivity contribution in [2.24, 2.45) is 0 Å². The normalized spacial score (nSPS) is 10.1. The van der Waals surface area contributed by atoms with Gasteiger partial charge in [-0.2, -0.15) is 0 Å². The van der Waals surface area contributed by atoms with Crippen molar-refractivity contribution in [2.75, 3.05) is 13.1 Å². The van der Waals surface area contributed by atoms with E-state index in [0.29, 0.717) is 6.54 Å². The number of amides is 2. The van der Waals surface area contributed by atoms with Gasteiger partial charge >= 0.3 is 0 Å². The number of nitrogens with one attached hydrogen (secondary N) is 2. The molecule has 0 radical (unpaired) electrons. The predicted octanol–water partition coefficient (Wildman–Crippen LogP) is 1.78. The second-order valence-electron chi connectivity index (χ2n) is 4.34. The summed E-state index contributed by atoms with van der Waals surface area (Å²) in [5.74, 6) is -1.17. The molecule has 0 aromatic heterocycles. The smallest absolute Gasteiger partial charge is 0.254 e. The van der Waals surface area contributed by atoms with E-state index in [2.05, 4.69) is 10.6 Å². The summed E-state index contributed by atoms with van der Waals surface area (Å²) in [6.07, 6.45) is 1.06. The maximum Gasteiger partial charge on any atom is 0.254 e. The van der Waals surface area contributed by atoms with Crippen molar-refractivity contribution >= 4 is 11.8 Å². The molecule has 0 fully saturated rings. The molecule has 0 aliphatic heterocycles. The Bertz CT molecular complexity index is 461. The van der Waals surface area contributed by atoms with E-state index in [1.807, 2.05) is 6.92 Å². The highest BCUT2D eigenvalue weighted by Gasteiger charge is 2.11. The lowest BCUT2D eigenvalue weighted by Crippen LogP contribution is -2.31. The summed E-state index contributed by atoms with van der Waals surface area (Å²) in [5, 5.41) is 5.23. The Kier molecular flexibility index (Phi) is 5.99. The topological polar surface area (TPSA) is 58.2 Å². The van der Waals surface area contributed by atoms with Gasteiger partial charge < -0.3 is 10.6 Å². The average molecular weight is 266 g/mol. The van der Waals surface area contributed by atoms with E-state index in [1.165, 1.54) is 12.1 Å². The molecule has 0 unspecified atom stereocenters. The monoisotopic (exact) mass is 266 g/mol. The van der Waals surface area contributed by atoms with Crippen LogP contribution < -0.4 is 10.6 Å². The van der Waals surface area contributed by atoms with E-state index < -0.39 is 11.7 Å². The third-order valence-corrected chi connectivity index (χ3v) is 2.58. The third kappa shape index (κ3) is 5.07. The third-order valence-electron chi connectivity index (χ3n) is 2.58. The molecule has 5 heteroatoms. The highest BCUT2D eigenvalue weighted by molar-refractivity contribution is 5.94. The van der Waals surface area contributed by atoms with Gasteiger partial charge in [0.15, 0.2) is 0 Å². The molecular formula is C14H19FN2O2. The molecule has 0 aliphatic carbocycles. The molecule has 2 N–H and O–H groups in total. The molecule has 0 bridgehead atoms. The summed E-state index contributed by atoms with van der Waals surface area (Å²) in [6.45, 7) is 4.53. The van der Waals surface area contributed by atoms with Gasteiger partial charge in [0.1, 0.15) is 5.82 Å². The lowest BCUT2D eigenvalue weighted by molar-refractivity contribution is -0.120. The predicted molar refractivity (Wildman–Crippen MR) is 71.4 cm³/mol. The van der Waals surface area contributed by atoms with Crippen molar-refractivity contribution in [3.05, 3.63) is 35.1 Å². The fraction of sp³-hybridized carbons (Fsp3) is 0.429. The number of carbonyl (C=O) groups excluding carboxylic acids is 2. The first kappa shape index (κ1) is 15.1. The quantitative estimate of drug-likeness (QED) is 0.824. The molecule has 104 valence electrons. The fourth-order valence-electron chi connectivity index (χ4n) is 1.54. The molecule has 1 aromatic carbocycles. The first-order chi connectivity index (χ1) is 9.04. The molecule has 0 aliphatic rings. The zero-order chi connectivity index (χ0) is 14.3. The number of carbonyl (C=O) groups is 2. The van der Waals surface area contributed by atoms with Crippen LogP contribution in [0, 0.1) is 12.7 Å². The summed E-state index contributed by atoms with van der Waals surface area (Å²) in [4.78, 5) is 23.0. The molecule has 0 saturated carbocycles. The lowest BCUT2D eigenvalue weighted by Gasteiger charge is -2.07. The first-order valence-corrected chi connectivity index (χ1v) is 6.35. The maximum atomic E-state index is 13.5. The Hall–Kier alpha value is -1.91. The standard InChI is InChI=1S/C14H19FN2O2/c1-3-7-16-13(18)6-8-17-14(19)11-5-4-10(2)9-12(11)15/h4-5,9H,3,6-8H2,1-2H3,(H,16,18)(H,17,19). The van der Waals surface area contributed by atoms with Crippen molar-refractivity contribution in [2.45, 2.75) is 26.7 Å². The van der Waals surface area contributed by atoms with Crippen LogP contribution in [-0.4, -0.2) is 24.9 Å². The highest BCUT2D eigenvalue weighted by Crippen LogP contribution is 2.09. The van der Waals surface area contributed by atoms with Crippen LogP contribution in [0.3, 0.4) is 0 Å². The summed E-state index contributed by atoms with van der Waals surface area (Å²) < 4.78 is 13.5. The van der Waals surface area contributed by atoms with E-state index in [0.717, 1.165) is 12.0 Å². The van der Waals surface area contributed by atoms with Crippen molar-refractivity contribution in [1.82, 2.24) is 10.6 Å². The van der Waals surface area contributed by atoms with Gasteiger partial charge in [0, 0.05) is 19.5 Å². The molecule has 19 heavy (non-hydrogen) atoms. The molecule has 0 atom stereocenters. The van der Waals surface area contributed by atoms with Crippen LogP contribution in [0.2, 0.25) is 0 Å². The fourth-order valence-corrected chi connectivity index (χ4v) is 1.54. The summed E-state index contributed by atoms with van der Waals surface area (Å²) >= 11 is 0. The molecule has 0 saturated heterocycles. The van der Waals surface area contributed by atoms with E-state index in [1.54, 1.807) is 13.0 Å². The summed E-state index contributed by atoms with van der Waals surface area (Å²) in [5.41, 5.74) is 0.757. The number of hydrogen-bond donors (Lipinski definition) is 2. The summed E-state index contributed by atoms with van der Waals surface area (Å²) in [7, 11) is 0. The van der Waals surface area contributed by atoms with Gasteiger partial charge in [0.2, 0.25) is 5.91 Å². The molecule has 1 rings (SSSR count). The average Bonchev–Trinajstić information content (AvgIpc) is 2.36. The van der Waals surface area contributed by atoms with E-state index in [-0.39, 0.29) is 24.4 Å². The molecular weight excluding hydrogens is 247 g/mol. The SMILES string of the molecule is CCCNC(=O)CCNC(=O)c1ccc(C)cc1F. The van der Waals surface area contributed by atoms with E-state index >= 15 is 0 Å². The van der Waals surface area contributed by atoms with Gasteiger partial charge in [-0.1, -0.05) is 13.0 Å². The number of rotatable bonds is 6. The van der Waals surface area contributed by atoms with Crippen molar-refractivity contribution in [3.63, 3.8) is 0 Å². The Morgan fingerprint density at radius 3 is 2.58 bits per heavy atom. The Balaban J connectivity index is 2.41. The summed E-state index contributed by atoms with van der Waals surface area (Å²) in [6, 6.07) is 4.42. The van der Waals surface area contributed by atoms with Gasteiger partial charge in [-0.05, 0) is 31.0 Å². The second kappa shape index (κ2) is 7.51. The Morgan fingerprint density at radius 2 is 1.95 bits per heavy atom. The van der Waals surface area contributed by atoms with E-state index in [4.69, 9.17) is 0 Å². The number of aryl methyl sites for hydroxylation is 1. The van der Waals surface area contributed by atoms with Crippen LogP contribution in [0.25, 0.3) is 0 Å². The largest absolute Gasteiger partial charge is 0.356 e. The number of halogens is 1. The van der Waals surface area contributed by atoms with Gasteiger partial charge in [-0.3, -0.25) is 9.59 Å². The van der Waals surface area contributed by atoms with Crippen LogP contribution in [0.5, 0.6) is 0 Å². The minimum absolute atomic E-state index is 0.000402. The molecule has 4 nitrogen and oxygen atoms in total. The van der Waals surface area contributed by atoms with Gasteiger partial charge in [0.25, 0.3) is 5.91 Å². The zero-order valence-corrected chi connectivity index (χ0v) is 11.3. The van der Waals surface area contributed by atoms with Crippen LogP contribution >= 0.6 is 0 Å². The van der Waals surface area contributed by atoms with Gasteiger partial charge in [-0.15, -0.1) is 0 Å². The molecule has 0 heterocycles. The van der Waals surface area contributed by atoms with Crippen LogP contribution in [0.4, 0.5) is 4.39 Å². The minimum Gasteiger partial charge on any atom is -0.356 e. The van der Waals surface area contributed by atoms with Crippen LogP contribution in [0.15, 0.2) is 18.2 Å². The Morgan fingerprint density at radius 1 is 1.21 bits per heavy atom. The van der Waals surface area contributed by atoms with Gasteiger partial charge in [-0.25, -0.2) is 4.39 Å². The molecule has 1 aromatic rings. The second-order valence-corrected chi connectivity index (χ2v) is 4.34. The first-order valence-electron chi connectivity index (χ1n) is 6.35. The number of benzene rings is 1. The van der Waals surface area contributed by atoms with Crippen molar-refractivity contribution in [1.29, 1.82) is 0 Å². The van der Waals surface area contributed by atoms with E-state index in [9.17, 15) is 14.0 Å². The highest BCUT2D eigenvalue weighted by atomic mass is 19.1. The zero-order valence-electron chi connectivity index (χ0n) is 11.3. The van der Waals surface area contributed by atoms with Gasteiger partial charge in [0.05, 0.1) is 5.56 Å². The minimum atomic E-state index is -0.548. The lowest BCUT2D eigenvalue weighted by atomic mass is 10.1. The molecule has 0 spiro atoms. The van der Waals surface area contributed by atoms with Crippen LogP contribution in [0.1, 0.15) is 35.7 Å².